The van der Waals surface area contributed by atoms with E-state index in [0.29, 0.717) is 13.2 Å². The highest BCUT2D eigenvalue weighted by Gasteiger charge is 2.26. The Hall–Kier alpha value is -2.52. The largest absolute Gasteiger partial charge is 0.383 e. The van der Waals surface area contributed by atoms with Crippen molar-refractivity contribution in [2.45, 2.75) is 77.4 Å². The second-order valence-corrected chi connectivity index (χ2v) is 9.97. The molecular weight excluding hydrogens is 452 g/mol. The highest BCUT2D eigenvalue weighted by atomic mass is 32.1. The Morgan fingerprint density at radius 3 is 2.47 bits per heavy atom. The van der Waals surface area contributed by atoms with Crippen molar-refractivity contribution in [3.63, 3.8) is 0 Å². The van der Waals surface area contributed by atoms with E-state index in [1.54, 1.807) is 18.7 Å². The smallest absolute Gasteiger partial charge is 0.259 e. The van der Waals surface area contributed by atoms with Crippen molar-refractivity contribution in [3.05, 3.63) is 49.8 Å². The molecule has 1 atom stereocenters. The van der Waals surface area contributed by atoms with Crippen molar-refractivity contribution in [1.29, 1.82) is 0 Å². The number of pyridine rings is 1. The monoisotopic (exact) mass is 488 g/mol. The van der Waals surface area contributed by atoms with Crippen LogP contribution in [0, 0.1) is 6.92 Å². The lowest BCUT2D eigenvalue weighted by Crippen LogP contribution is -2.40. The van der Waals surface area contributed by atoms with Gasteiger partial charge < -0.3 is 19.5 Å². The van der Waals surface area contributed by atoms with Gasteiger partial charge in [-0.1, -0.05) is 32.1 Å². The number of thiazole rings is 1. The second kappa shape index (κ2) is 12.3. The number of aromatic nitrogens is 2. The lowest BCUT2D eigenvalue weighted by molar-refractivity contribution is 0.0739. The number of nitrogens with one attached hydrogen (secondary N) is 1. The van der Waals surface area contributed by atoms with Crippen LogP contribution in [-0.2, 0) is 11.3 Å². The average Bonchev–Trinajstić information content (AvgIpc) is 3.24. The Morgan fingerprint density at radius 1 is 1.21 bits per heavy atom. The van der Waals surface area contributed by atoms with Gasteiger partial charge in [-0.25, -0.2) is 4.98 Å². The van der Waals surface area contributed by atoms with Crippen LogP contribution >= 0.6 is 11.3 Å². The third kappa shape index (κ3) is 6.54. The van der Waals surface area contributed by atoms with E-state index in [9.17, 15) is 14.4 Å². The highest BCUT2D eigenvalue weighted by molar-refractivity contribution is 7.09. The van der Waals surface area contributed by atoms with Crippen LogP contribution < -0.4 is 10.7 Å². The Morgan fingerprint density at radius 2 is 1.85 bits per heavy atom. The number of ether oxygens (including phenoxy) is 1. The molecule has 0 unspecified atom stereocenters. The van der Waals surface area contributed by atoms with Gasteiger partial charge in [-0.3, -0.25) is 14.4 Å². The number of aryl methyl sites for hydroxylation is 1. The lowest BCUT2D eigenvalue weighted by atomic mass is 9.96. The normalized spacial score (nSPS) is 15.9. The Balaban J connectivity index is 1.88. The van der Waals surface area contributed by atoms with Gasteiger partial charge in [-0.05, 0) is 26.7 Å². The summed E-state index contributed by atoms with van der Waals surface area (Å²) < 4.78 is 6.86. The number of rotatable bonds is 8. The summed E-state index contributed by atoms with van der Waals surface area (Å²) in [4.78, 5) is 45.9. The minimum Gasteiger partial charge on any atom is -0.383 e. The van der Waals surface area contributed by atoms with Gasteiger partial charge >= 0.3 is 0 Å². The lowest BCUT2D eigenvalue weighted by Gasteiger charge is -2.24. The number of carbonyl (C=O) groups excluding carboxylic acids is 2. The predicted octanol–water partition coefficient (Wildman–Crippen LogP) is 3.94. The molecule has 1 aliphatic carbocycles. The molecule has 2 amide bonds. The van der Waals surface area contributed by atoms with Crippen molar-refractivity contribution in [2.24, 2.45) is 0 Å². The zero-order valence-corrected chi connectivity index (χ0v) is 21.5. The maximum atomic E-state index is 13.4. The molecule has 0 spiro atoms. The van der Waals surface area contributed by atoms with Gasteiger partial charge in [0.2, 0.25) is 5.43 Å². The van der Waals surface area contributed by atoms with Gasteiger partial charge in [0.1, 0.15) is 16.1 Å². The first-order valence-corrected chi connectivity index (χ1v) is 12.9. The van der Waals surface area contributed by atoms with Crippen LogP contribution in [0.3, 0.4) is 0 Å². The molecule has 34 heavy (non-hydrogen) atoms. The van der Waals surface area contributed by atoms with Gasteiger partial charge in [-0.15, -0.1) is 11.3 Å². The van der Waals surface area contributed by atoms with Gasteiger partial charge in [-0.2, -0.15) is 0 Å². The molecule has 1 fully saturated rings. The molecule has 0 bridgehead atoms. The minimum atomic E-state index is -0.545. The summed E-state index contributed by atoms with van der Waals surface area (Å²) in [5.74, 6) is -0.847. The quantitative estimate of drug-likeness (QED) is 0.608. The number of nitrogens with zero attached hydrogens (tertiary/aromatic N) is 3. The molecule has 9 heteroatoms. The zero-order chi connectivity index (χ0) is 24.7. The molecule has 1 N–H and O–H groups in total. The van der Waals surface area contributed by atoms with Crippen LogP contribution in [0.4, 0.5) is 0 Å². The molecule has 1 saturated carbocycles. The molecule has 0 aromatic carbocycles. The number of carbonyl (C=O) groups is 2. The van der Waals surface area contributed by atoms with Crippen molar-refractivity contribution in [2.75, 3.05) is 20.8 Å². The fourth-order valence-electron chi connectivity index (χ4n) is 4.23. The predicted molar refractivity (Wildman–Crippen MR) is 134 cm³/mol. The fourth-order valence-corrected chi connectivity index (χ4v) is 5.13. The third-order valence-electron chi connectivity index (χ3n) is 6.44. The van der Waals surface area contributed by atoms with E-state index in [2.05, 4.69) is 10.3 Å². The fraction of sp³-hybridized carbons (Fsp3) is 0.600. The average molecular weight is 489 g/mol. The molecule has 2 aromatic heterocycles. The molecule has 1 aliphatic rings. The summed E-state index contributed by atoms with van der Waals surface area (Å²) in [6.07, 6.45) is 10.6. The van der Waals surface area contributed by atoms with Gasteiger partial charge in [0.25, 0.3) is 11.8 Å². The van der Waals surface area contributed by atoms with Crippen molar-refractivity contribution < 1.29 is 14.3 Å². The summed E-state index contributed by atoms with van der Waals surface area (Å²) >= 11 is 1.48. The highest BCUT2D eigenvalue weighted by Crippen LogP contribution is 2.23. The molecule has 0 aliphatic heterocycles. The van der Waals surface area contributed by atoms with E-state index in [4.69, 9.17) is 4.74 Å². The van der Waals surface area contributed by atoms with E-state index in [0.717, 1.165) is 36.4 Å². The topological polar surface area (TPSA) is 93.5 Å². The molecule has 186 valence electrons. The third-order valence-corrected chi connectivity index (χ3v) is 7.58. The van der Waals surface area contributed by atoms with E-state index >= 15 is 0 Å². The second-order valence-electron chi connectivity index (χ2n) is 9.08. The van der Waals surface area contributed by atoms with Gasteiger partial charge in [0, 0.05) is 50.2 Å². The van der Waals surface area contributed by atoms with Crippen LogP contribution in [0.15, 0.2) is 22.6 Å². The maximum absolute atomic E-state index is 13.4. The molecule has 0 saturated heterocycles. The molecule has 3 rings (SSSR count). The van der Waals surface area contributed by atoms with Crippen molar-refractivity contribution in [3.8, 4) is 0 Å². The zero-order valence-electron chi connectivity index (χ0n) is 20.6. The van der Waals surface area contributed by atoms with Crippen LogP contribution in [0.5, 0.6) is 0 Å². The van der Waals surface area contributed by atoms with Crippen molar-refractivity contribution >= 4 is 23.2 Å². The van der Waals surface area contributed by atoms with E-state index < -0.39 is 17.2 Å². The molecular formula is C25H36N4O4S. The summed E-state index contributed by atoms with van der Waals surface area (Å²) in [7, 11) is 3.24. The van der Waals surface area contributed by atoms with E-state index in [-0.39, 0.29) is 23.2 Å². The number of hydrogen-bond donors (Lipinski definition) is 1. The van der Waals surface area contributed by atoms with Crippen LogP contribution in [0.1, 0.15) is 89.3 Å². The Kier molecular flexibility index (Phi) is 9.41. The van der Waals surface area contributed by atoms with Crippen molar-refractivity contribution in [1.82, 2.24) is 19.8 Å². The van der Waals surface area contributed by atoms with Crippen LogP contribution in [0.2, 0.25) is 0 Å². The summed E-state index contributed by atoms with van der Waals surface area (Å²) in [6, 6.07) is -0.250. The van der Waals surface area contributed by atoms with E-state index in [1.807, 2.05) is 19.2 Å². The Labute approximate surface area is 205 Å². The summed E-state index contributed by atoms with van der Waals surface area (Å²) in [5, 5.41) is 5.79. The first-order valence-electron chi connectivity index (χ1n) is 12.0. The number of methoxy groups -OCH3 is 1. The SMILES string of the molecule is COCCn1cc(C(=O)NC2CCCCCCC2)c(=O)c(C(=O)N(C)[C@@H](C)c2nc(C)cs2)c1. The summed E-state index contributed by atoms with van der Waals surface area (Å²) in [6.45, 7) is 4.60. The Bertz CT molecular complexity index is 1040. The van der Waals surface area contributed by atoms with Crippen LogP contribution in [-0.4, -0.2) is 53.1 Å². The molecule has 0 radical (unpaired) electrons. The summed E-state index contributed by atoms with van der Waals surface area (Å²) in [5.41, 5.74) is 0.318. The first kappa shape index (κ1) is 26.1. The van der Waals surface area contributed by atoms with E-state index in [1.165, 1.54) is 47.9 Å². The number of amides is 2. The molecule has 2 heterocycles. The molecule has 2 aromatic rings. The van der Waals surface area contributed by atoms with Gasteiger partial charge in [0.15, 0.2) is 0 Å². The van der Waals surface area contributed by atoms with Gasteiger partial charge in [0.05, 0.1) is 12.6 Å². The first-order chi connectivity index (χ1) is 16.3. The molecule has 8 nitrogen and oxygen atoms in total. The number of hydrogen-bond acceptors (Lipinski definition) is 6. The maximum Gasteiger partial charge on any atom is 0.259 e. The van der Waals surface area contributed by atoms with Crippen LogP contribution in [0.25, 0.3) is 0 Å². The minimum absolute atomic E-state index is 0.00448. The standard InChI is InChI=1S/C25H36N4O4S/c1-17-16-34-24(26-17)18(2)28(3)25(32)21-15-29(12-13-33-4)14-20(22(21)30)23(31)27-19-10-8-6-5-7-9-11-19/h14-16,18-19H,5-13H2,1-4H3,(H,27,31)/t18-/m0/s1.